The molecule has 3 nitrogen and oxygen atoms in total. The topological polar surface area (TPSA) is 26.5 Å². The van der Waals surface area contributed by atoms with Crippen LogP contribution in [0.1, 0.15) is 11.3 Å². The van der Waals surface area contributed by atoms with Gasteiger partial charge in [0.25, 0.3) is 0 Å². The van der Waals surface area contributed by atoms with E-state index in [2.05, 4.69) is 20.9 Å². The molecule has 0 fully saturated rings. The number of aryl methyl sites for hydroxylation is 1. The Morgan fingerprint density at radius 3 is 2.90 bits per heavy atom. The fraction of sp³-hybridized carbons (Fsp3) is 0.133. The zero-order valence-electron chi connectivity index (χ0n) is 10.8. The van der Waals surface area contributed by atoms with Gasteiger partial charge in [0.05, 0.1) is 5.69 Å². The summed E-state index contributed by atoms with van der Waals surface area (Å²) in [7, 11) is 0. The summed E-state index contributed by atoms with van der Waals surface area (Å²) in [6.45, 7) is 1.72. The van der Waals surface area contributed by atoms with Crippen LogP contribution in [-0.2, 0) is 5.33 Å². The number of imidazole rings is 1. The van der Waals surface area contributed by atoms with Crippen molar-refractivity contribution in [3.8, 4) is 11.6 Å². The monoisotopic (exact) mass is 334 g/mol. The first-order valence-corrected chi connectivity index (χ1v) is 7.27. The molecule has 5 heteroatoms. The fourth-order valence-electron chi connectivity index (χ4n) is 1.98. The molecule has 20 heavy (non-hydrogen) atoms. The van der Waals surface area contributed by atoms with Crippen LogP contribution in [0.3, 0.4) is 0 Å². The van der Waals surface area contributed by atoms with Crippen LogP contribution in [0.2, 0.25) is 0 Å². The largest absolute Gasteiger partial charge is 0.437 e. The van der Waals surface area contributed by atoms with Gasteiger partial charge >= 0.3 is 0 Å². The van der Waals surface area contributed by atoms with Gasteiger partial charge in [0.1, 0.15) is 17.2 Å². The SMILES string of the molecule is Cc1ccc(Oc2nc3ccccn3c2CBr)cc1F. The summed E-state index contributed by atoms with van der Waals surface area (Å²) in [5.41, 5.74) is 2.28. The Kier molecular flexibility index (Phi) is 3.44. The van der Waals surface area contributed by atoms with E-state index in [1.54, 1.807) is 19.1 Å². The van der Waals surface area contributed by atoms with Gasteiger partial charge in [-0.3, -0.25) is 4.40 Å². The maximum Gasteiger partial charge on any atom is 0.242 e. The van der Waals surface area contributed by atoms with Crippen molar-refractivity contribution in [3.05, 3.63) is 59.7 Å². The molecule has 102 valence electrons. The number of hydrogen-bond donors (Lipinski definition) is 0. The van der Waals surface area contributed by atoms with Crippen molar-refractivity contribution in [2.24, 2.45) is 0 Å². The average Bonchev–Trinajstić information content (AvgIpc) is 2.80. The third-order valence-corrected chi connectivity index (χ3v) is 3.61. The lowest BCUT2D eigenvalue weighted by molar-refractivity contribution is 0.456. The van der Waals surface area contributed by atoms with Crippen molar-refractivity contribution >= 4 is 21.6 Å². The standard InChI is InChI=1S/C15H12BrFN2O/c1-10-5-6-11(8-12(10)17)20-15-13(9-16)19-7-3-2-4-14(19)18-15/h2-8H,9H2,1H3. The predicted molar refractivity (Wildman–Crippen MR) is 79.0 cm³/mol. The molecule has 3 aromatic rings. The number of aromatic nitrogens is 2. The van der Waals surface area contributed by atoms with E-state index < -0.39 is 0 Å². The molecule has 0 saturated carbocycles. The summed E-state index contributed by atoms with van der Waals surface area (Å²) in [6, 6.07) is 10.5. The molecule has 0 radical (unpaired) electrons. The molecule has 2 heterocycles. The first-order valence-electron chi connectivity index (χ1n) is 6.15. The van der Waals surface area contributed by atoms with Gasteiger partial charge in [-0.1, -0.05) is 28.1 Å². The lowest BCUT2D eigenvalue weighted by Crippen LogP contribution is -1.92. The second-order valence-electron chi connectivity index (χ2n) is 4.44. The Morgan fingerprint density at radius 2 is 2.15 bits per heavy atom. The van der Waals surface area contributed by atoms with Crippen LogP contribution in [0.25, 0.3) is 5.65 Å². The summed E-state index contributed by atoms with van der Waals surface area (Å²) in [5, 5.41) is 0.599. The number of rotatable bonds is 3. The molecule has 0 aliphatic heterocycles. The number of halogens is 2. The smallest absolute Gasteiger partial charge is 0.242 e. The van der Waals surface area contributed by atoms with E-state index in [1.165, 1.54) is 6.07 Å². The van der Waals surface area contributed by atoms with Crippen LogP contribution in [-0.4, -0.2) is 9.38 Å². The molecule has 0 aliphatic carbocycles. The minimum atomic E-state index is -0.286. The van der Waals surface area contributed by atoms with Crippen LogP contribution in [0.4, 0.5) is 4.39 Å². The first-order chi connectivity index (χ1) is 9.69. The van der Waals surface area contributed by atoms with Crippen molar-refractivity contribution < 1.29 is 9.13 Å². The molecule has 2 aromatic heterocycles. The van der Waals surface area contributed by atoms with Gasteiger partial charge in [0, 0.05) is 17.6 Å². The van der Waals surface area contributed by atoms with Crippen molar-refractivity contribution in [3.63, 3.8) is 0 Å². The molecular weight excluding hydrogens is 323 g/mol. The number of hydrogen-bond acceptors (Lipinski definition) is 2. The van der Waals surface area contributed by atoms with Crippen molar-refractivity contribution in [2.45, 2.75) is 12.3 Å². The molecule has 0 N–H and O–H groups in total. The average molecular weight is 335 g/mol. The minimum Gasteiger partial charge on any atom is -0.437 e. The molecule has 0 amide bonds. The van der Waals surface area contributed by atoms with Gasteiger partial charge in [0.15, 0.2) is 0 Å². The Balaban J connectivity index is 2.03. The van der Waals surface area contributed by atoms with E-state index >= 15 is 0 Å². The van der Waals surface area contributed by atoms with Crippen LogP contribution >= 0.6 is 15.9 Å². The Hall–Kier alpha value is -1.88. The summed E-state index contributed by atoms with van der Waals surface area (Å²) in [4.78, 5) is 4.42. The van der Waals surface area contributed by atoms with E-state index in [-0.39, 0.29) is 5.82 Å². The van der Waals surface area contributed by atoms with Gasteiger partial charge in [0.2, 0.25) is 5.88 Å². The quantitative estimate of drug-likeness (QED) is 0.660. The van der Waals surface area contributed by atoms with Crippen LogP contribution in [0.5, 0.6) is 11.6 Å². The van der Waals surface area contributed by atoms with Crippen molar-refractivity contribution in [2.75, 3.05) is 0 Å². The number of fused-ring (bicyclic) bond motifs is 1. The number of nitrogens with zero attached hydrogens (tertiary/aromatic N) is 2. The molecule has 0 aliphatic rings. The highest BCUT2D eigenvalue weighted by Gasteiger charge is 2.13. The number of pyridine rings is 1. The van der Waals surface area contributed by atoms with Crippen LogP contribution < -0.4 is 4.74 Å². The summed E-state index contributed by atoms with van der Waals surface area (Å²) in [6.07, 6.45) is 1.92. The Morgan fingerprint density at radius 1 is 1.30 bits per heavy atom. The van der Waals surface area contributed by atoms with E-state index in [1.807, 2.05) is 28.8 Å². The number of alkyl halides is 1. The number of benzene rings is 1. The predicted octanol–water partition coefficient (Wildman–Crippen LogP) is 4.47. The minimum absolute atomic E-state index is 0.286. The highest BCUT2D eigenvalue weighted by molar-refractivity contribution is 9.08. The second kappa shape index (κ2) is 5.25. The molecule has 3 rings (SSSR count). The second-order valence-corrected chi connectivity index (χ2v) is 5.00. The highest BCUT2D eigenvalue weighted by atomic mass is 79.9. The molecule has 0 atom stereocenters. The maximum absolute atomic E-state index is 13.6. The molecule has 0 spiro atoms. The maximum atomic E-state index is 13.6. The van der Waals surface area contributed by atoms with E-state index in [0.29, 0.717) is 22.5 Å². The van der Waals surface area contributed by atoms with E-state index in [0.717, 1.165) is 11.3 Å². The van der Waals surface area contributed by atoms with Crippen LogP contribution in [0, 0.1) is 12.7 Å². The molecular formula is C15H12BrFN2O. The lowest BCUT2D eigenvalue weighted by Gasteiger charge is -2.05. The Bertz CT molecular complexity index is 770. The van der Waals surface area contributed by atoms with Gasteiger partial charge in [-0.25, -0.2) is 4.39 Å². The van der Waals surface area contributed by atoms with Gasteiger partial charge in [-0.15, -0.1) is 0 Å². The van der Waals surface area contributed by atoms with Gasteiger partial charge < -0.3 is 4.74 Å². The zero-order valence-corrected chi connectivity index (χ0v) is 12.4. The highest BCUT2D eigenvalue weighted by Crippen LogP contribution is 2.28. The van der Waals surface area contributed by atoms with Gasteiger partial charge in [-0.05, 0) is 30.7 Å². The third-order valence-electron chi connectivity index (χ3n) is 3.08. The molecule has 0 unspecified atom stereocenters. The Labute approximate surface area is 124 Å². The summed E-state index contributed by atoms with van der Waals surface area (Å²) >= 11 is 3.43. The van der Waals surface area contributed by atoms with Crippen molar-refractivity contribution in [1.29, 1.82) is 0 Å². The fourth-order valence-corrected chi connectivity index (χ4v) is 2.49. The molecule has 0 saturated heterocycles. The molecule has 0 bridgehead atoms. The molecule has 1 aromatic carbocycles. The summed E-state index contributed by atoms with van der Waals surface area (Å²) in [5.74, 6) is 0.640. The lowest BCUT2D eigenvalue weighted by atomic mass is 10.2. The third kappa shape index (κ3) is 2.29. The van der Waals surface area contributed by atoms with E-state index in [9.17, 15) is 4.39 Å². The van der Waals surface area contributed by atoms with E-state index in [4.69, 9.17) is 4.74 Å². The van der Waals surface area contributed by atoms with Crippen molar-refractivity contribution in [1.82, 2.24) is 9.38 Å². The first kappa shape index (κ1) is 13.1. The number of ether oxygens (including phenoxy) is 1. The normalized spacial score (nSPS) is 10.9. The zero-order chi connectivity index (χ0) is 14.1. The van der Waals surface area contributed by atoms with Gasteiger partial charge in [-0.2, -0.15) is 4.98 Å². The summed E-state index contributed by atoms with van der Waals surface area (Å²) < 4.78 is 21.2. The van der Waals surface area contributed by atoms with Crippen LogP contribution in [0.15, 0.2) is 42.6 Å².